The van der Waals surface area contributed by atoms with E-state index in [9.17, 15) is 14.9 Å². The summed E-state index contributed by atoms with van der Waals surface area (Å²) in [6, 6.07) is 9.07. The number of nitrogens with zero attached hydrogens (tertiary/aromatic N) is 2. The van der Waals surface area contributed by atoms with Gasteiger partial charge in [0.05, 0.1) is 31.4 Å². The van der Waals surface area contributed by atoms with Crippen LogP contribution in [0.15, 0.2) is 30.3 Å². The molecule has 3 aromatic rings. The first-order chi connectivity index (χ1) is 10.5. The summed E-state index contributed by atoms with van der Waals surface area (Å²) in [4.78, 5) is 27.7. The maximum atomic E-state index is 12.1. The summed E-state index contributed by atoms with van der Waals surface area (Å²) < 4.78 is 1.06. The highest BCUT2D eigenvalue weighted by atomic mass is 32.1. The number of thiazole rings is 1. The second-order valence-corrected chi connectivity index (χ2v) is 6.94. The molecule has 1 amide bonds. The quantitative estimate of drug-likeness (QED) is 0.585. The number of carbonyl (C=O) groups excluding carboxylic acids is 1. The van der Waals surface area contributed by atoms with Gasteiger partial charge in [-0.15, -0.1) is 22.7 Å². The first-order valence-corrected chi connectivity index (χ1v) is 8.05. The van der Waals surface area contributed by atoms with Gasteiger partial charge >= 0.3 is 0 Å². The third kappa shape index (κ3) is 2.83. The minimum atomic E-state index is -0.476. The summed E-state index contributed by atoms with van der Waals surface area (Å²) in [5.74, 6) is -0.319. The summed E-state index contributed by atoms with van der Waals surface area (Å²) >= 11 is 2.64. The van der Waals surface area contributed by atoms with Crippen LogP contribution in [0.3, 0.4) is 0 Å². The Balaban J connectivity index is 1.71. The number of hydrogen-bond acceptors (Lipinski definition) is 6. The van der Waals surface area contributed by atoms with Crippen LogP contribution in [0, 0.1) is 17.0 Å². The predicted octanol–water partition coefficient (Wildman–Crippen LogP) is 3.50. The maximum Gasteiger partial charge on any atom is 0.283 e. The highest BCUT2D eigenvalue weighted by Gasteiger charge is 2.19. The van der Waals surface area contributed by atoms with Gasteiger partial charge in [0.15, 0.2) is 0 Å². The topological polar surface area (TPSA) is 85.1 Å². The fraction of sp³-hybridized carbons (Fsp3) is 0.143. The number of amides is 1. The fourth-order valence-corrected chi connectivity index (χ4v) is 3.81. The zero-order valence-corrected chi connectivity index (χ0v) is 13.2. The van der Waals surface area contributed by atoms with Gasteiger partial charge in [-0.1, -0.05) is 12.1 Å². The molecular formula is C14H11N3O3S2. The van der Waals surface area contributed by atoms with Crippen molar-refractivity contribution >= 4 is 44.5 Å². The van der Waals surface area contributed by atoms with Crippen molar-refractivity contribution in [1.82, 2.24) is 10.3 Å². The van der Waals surface area contributed by atoms with Crippen LogP contribution in [0.4, 0.5) is 5.69 Å². The van der Waals surface area contributed by atoms with E-state index in [4.69, 9.17) is 0 Å². The molecule has 0 radical (unpaired) electrons. The van der Waals surface area contributed by atoms with Gasteiger partial charge in [0.2, 0.25) is 0 Å². The first-order valence-electron chi connectivity index (χ1n) is 6.42. The molecule has 3 rings (SSSR count). The van der Waals surface area contributed by atoms with E-state index in [0.717, 1.165) is 26.6 Å². The van der Waals surface area contributed by atoms with Crippen molar-refractivity contribution in [3.8, 4) is 0 Å². The van der Waals surface area contributed by atoms with Crippen LogP contribution in [-0.4, -0.2) is 15.8 Å². The van der Waals surface area contributed by atoms with Gasteiger partial charge in [-0.3, -0.25) is 14.9 Å². The number of aromatic nitrogens is 1. The monoisotopic (exact) mass is 333 g/mol. The molecule has 2 heterocycles. The van der Waals surface area contributed by atoms with Gasteiger partial charge in [-0.05, 0) is 19.1 Å². The third-order valence-electron chi connectivity index (χ3n) is 3.05. The molecule has 0 aliphatic rings. The third-order valence-corrected chi connectivity index (χ3v) is 5.13. The molecule has 6 nitrogen and oxygen atoms in total. The standard InChI is InChI=1S/C14H11N3O3S2/c1-8-10(17(19)20)6-12(21-8)14(18)15-7-13-16-9-4-2-3-5-11(9)22-13/h2-6H,7H2,1H3,(H,15,18). The summed E-state index contributed by atoms with van der Waals surface area (Å²) in [6.45, 7) is 1.94. The first kappa shape index (κ1) is 14.6. The summed E-state index contributed by atoms with van der Waals surface area (Å²) in [5.41, 5.74) is 0.884. The Labute approximate surface area is 133 Å². The normalized spacial score (nSPS) is 10.8. The largest absolute Gasteiger partial charge is 0.345 e. The number of fused-ring (bicyclic) bond motifs is 1. The molecule has 112 valence electrons. The summed E-state index contributed by atoms with van der Waals surface area (Å²) in [7, 11) is 0. The van der Waals surface area contributed by atoms with E-state index in [1.807, 2.05) is 24.3 Å². The molecule has 0 atom stereocenters. The average Bonchev–Trinajstić information content (AvgIpc) is 3.07. The minimum absolute atomic E-state index is 0.0184. The number of hydrogen-bond donors (Lipinski definition) is 1. The highest BCUT2D eigenvalue weighted by Crippen LogP contribution is 2.28. The molecule has 0 fully saturated rings. The summed E-state index contributed by atoms with van der Waals surface area (Å²) in [5, 5.41) is 14.4. The average molecular weight is 333 g/mol. The SMILES string of the molecule is Cc1sc(C(=O)NCc2nc3ccccc3s2)cc1[N+](=O)[O-]. The van der Waals surface area contributed by atoms with Gasteiger partial charge in [0.25, 0.3) is 11.6 Å². The van der Waals surface area contributed by atoms with E-state index >= 15 is 0 Å². The Morgan fingerprint density at radius 1 is 1.36 bits per heavy atom. The maximum absolute atomic E-state index is 12.1. The van der Waals surface area contributed by atoms with Crippen molar-refractivity contribution < 1.29 is 9.72 Å². The predicted molar refractivity (Wildman–Crippen MR) is 86.5 cm³/mol. The van der Waals surface area contributed by atoms with Crippen molar-refractivity contribution in [3.05, 3.63) is 55.2 Å². The highest BCUT2D eigenvalue weighted by molar-refractivity contribution is 7.18. The lowest BCUT2D eigenvalue weighted by molar-refractivity contribution is -0.385. The molecule has 22 heavy (non-hydrogen) atoms. The number of para-hydroxylation sites is 1. The van der Waals surface area contributed by atoms with E-state index in [1.54, 1.807) is 6.92 Å². The number of rotatable bonds is 4. The van der Waals surface area contributed by atoms with Gasteiger partial charge in [-0.25, -0.2) is 4.98 Å². The molecule has 0 unspecified atom stereocenters. The second kappa shape index (κ2) is 5.82. The Morgan fingerprint density at radius 2 is 2.14 bits per heavy atom. The second-order valence-electron chi connectivity index (χ2n) is 4.57. The van der Waals surface area contributed by atoms with E-state index in [0.29, 0.717) is 16.3 Å². The molecule has 8 heteroatoms. The van der Waals surface area contributed by atoms with Gasteiger partial charge in [0, 0.05) is 6.07 Å². The van der Waals surface area contributed by atoms with E-state index in [-0.39, 0.29) is 11.6 Å². The van der Waals surface area contributed by atoms with Crippen LogP contribution in [0.1, 0.15) is 19.6 Å². The number of nitro groups is 1. The van der Waals surface area contributed by atoms with Crippen LogP contribution in [0.2, 0.25) is 0 Å². The number of aryl methyl sites for hydroxylation is 1. The van der Waals surface area contributed by atoms with Crippen LogP contribution < -0.4 is 5.32 Å². The smallest absolute Gasteiger partial charge is 0.283 e. The number of carbonyl (C=O) groups is 1. The lowest BCUT2D eigenvalue weighted by Gasteiger charge is -1.99. The van der Waals surface area contributed by atoms with Crippen LogP contribution in [0.5, 0.6) is 0 Å². The number of benzene rings is 1. The lowest BCUT2D eigenvalue weighted by Crippen LogP contribution is -2.21. The molecule has 0 saturated carbocycles. The van der Waals surface area contributed by atoms with Crippen LogP contribution in [-0.2, 0) is 6.54 Å². The Hall–Kier alpha value is -2.32. The Bertz CT molecular complexity index is 836. The zero-order valence-electron chi connectivity index (χ0n) is 11.5. The molecular weight excluding hydrogens is 322 g/mol. The molecule has 0 spiro atoms. The van der Waals surface area contributed by atoms with Crippen molar-refractivity contribution in [1.29, 1.82) is 0 Å². The fourth-order valence-electron chi connectivity index (χ4n) is 2.00. The van der Waals surface area contributed by atoms with Crippen molar-refractivity contribution in [2.24, 2.45) is 0 Å². The molecule has 0 aliphatic heterocycles. The van der Waals surface area contributed by atoms with E-state index in [1.165, 1.54) is 17.4 Å². The molecule has 1 N–H and O–H groups in total. The zero-order chi connectivity index (χ0) is 15.7. The van der Waals surface area contributed by atoms with Gasteiger partial charge < -0.3 is 5.32 Å². The van der Waals surface area contributed by atoms with Crippen LogP contribution in [0.25, 0.3) is 10.2 Å². The lowest BCUT2D eigenvalue weighted by atomic mass is 10.3. The molecule has 0 aliphatic carbocycles. The van der Waals surface area contributed by atoms with E-state index in [2.05, 4.69) is 10.3 Å². The molecule has 1 aromatic carbocycles. The van der Waals surface area contributed by atoms with Gasteiger partial charge in [-0.2, -0.15) is 0 Å². The molecule has 0 bridgehead atoms. The summed E-state index contributed by atoms with van der Waals surface area (Å²) in [6.07, 6.45) is 0. The van der Waals surface area contributed by atoms with Crippen LogP contribution >= 0.6 is 22.7 Å². The molecule has 0 saturated heterocycles. The van der Waals surface area contributed by atoms with Gasteiger partial charge in [0.1, 0.15) is 5.01 Å². The molecule has 2 aromatic heterocycles. The van der Waals surface area contributed by atoms with Crippen molar-refractivity contribution in [3.63, 3.8) is 0 Å². The number of thiophene rings is 1. The Morgan fingerprint density at radius 3 is 2.82 bits per heavy atom. The van der Waals surface area contributed by atoms with Crippen molar-refractivity contribution in [2.45, 2.75) is 13.5 Å². The van der Waals surface area contributed by atoms with Crippen molar-refractivity contribution in [2.75, 3.05) is 0 Å². The number of nitrogens with one attached hydrogen (secondary N) is 1. The Kier molecular flexibility index (Phi) is 3.86. The van der Waals surface area contributed by atoms with E-state index < -0.39 is 4.92 Å². The minimum Gasteiger partial charge on any atom is -0.345 e.